The molecule has 116 valence electrons. The predicted octanol–water partition coefficient (Wildman–Crippen LogP) is 4.12. The average molecular weight is 279 g/mol. The van der Waals surface area contributed by atoms with Crippen LogP contribution < -0.4 is 5.32 Å². The Morgan fingerprint density at radius 2 is 1.32 bits per heavy atom. The third-order valence-corrected chi connectivity index (χ3v) is 3.35. The smallest absolute Gasteiger partial charge is 0.265 e. The lowest BCUT2D eigenvalue weighted by Crippen LogP contribution is -2.32. The zero-order valence-corrected chi connectivity index (χ0v) is 12.3. The molecule has 2 nitrogen and oxygen atoms in total. The summed E-state index contributed by atoms with van der Waals surface area (Å²) in [6, 6.07) is 0. The SMILES string of the molecule is CCCCCCCCCCCCNCC(O)C(F)F. The minimum Gasteiger partial charge on any atom is -0.386 e. The van der Waals surface area contributed by atoms with Gasteiger partial charge in [0.25, 0.3) is 6.43 Å². The molecule has 0 heterocycles. The molecule has 19 heavy (non-hydrogen) atoms. The molecule has 1 atom stereocenters. The quantitative estimate of drug-likeness (QED) is 0.469. The van der Waals surface area contributed by atoms with E-state index in [1.165, 1.54) is 51.4 Å². The molecule has 2 N–H and O–H groups in total. The Morgan fingerprint density at radius 3 is 1.79 bits per heavy atom. The molecule has 0 aromatic carbocycles. The molecule has 4 heteroatoms. The second-order valence-corrected chi connectivity index (χ2v) is 5.29. The molecule has 0 saturated carbocycles. The van der Waals surface area contributed by atoms with E-state index in [-0.39, 0.29) is 6.54 Å². The Kier molecular flexibility index (Phi) is 14.0. The highest BCUT2D eigenvalue weighted by Crippen LogP contribution is 2.10. The Morgan fingerprint density at radius 1 is 0.842 bits per heavy atom. The van der Waals surface area contributed by atoms with Crippen LogP contribution in [0.2, 0.25) is 0 Å². The minimum absolute atomic E-state index is 0.00487. The summed E-state index contributed by atoms with van der Waals surface area (Å²) in [5.41, 5.74) is 0. The highest BCUT2D eigenvalue weighted by atomic mass is 19.3. The molecule has 0 bridgehead atoms. The fourth-order valence-corrected chi connectivity index (χ4v) is 2.08. The van der Waals surface area contributed by atoms with E-state index in [0.717, 1.165) is 19.4 Å². The summed E-state index contributed by atoms with van der Waals surface area (Å²) < 4.78 is 23.9. The molecule has 0 saturated heterocycles. The molecule has 0 aliphatic heterocycles. The van der Waals surface area contributed by atoms with Gasteiger partial charge in [-0.15, -0.1) is 0 Å². The number of aliphatic hydroxyl groups is 1. The summed E-state index contributed by atoms with van der Waals surface area (Å²) in [6.07, 6.45) is 8.55. The Bertz CT molecular complexity index is 180. The topological polar surface area (TPSA) is 32.3 Å². The standard InChI is InChI=1S/C15H31F2NO/c1-2-3-4-5-6-7-8-9-10-11-12-18-13-14(19)15(16)17/h14-15,18-19H,2-13H2,1H3. The van der Waals surface area contributed by atoms with Crippen molar-refractivity contribution in [1.29, 1.82) is 0 Å². The van der Waals surface area contributed by atoms with Crippen molar-refractivity contribution >= 4 is 0 Å². The zero-order chi connectivity index (χ0) is 14.3. The summed E-state index contributed by atoms with van der Waals surface area (Å²) in [7, 11) is 0. The predicted molar refractivity (Wildman–Crippen MR) is 76.7 cm³/mol. The lowest BCUT2D eigenvalue weighted by molar-refractivity contribution is -0.00317. The van der Waals surface area contributed by atoms with E-state index in [2.05, 4.69) is 12.2 Å². The van der Waals surface area contributed by atoms with E-state index in [1.807, 2.05) is 0 Å². The van der Waals surface area contributed by atoms with Gasteiger partial charge in [-0.05, 0) is 13.0 Å². The molecule has 0 aromatic heterocycles. The molecule has 0 spiro atoms. The second-order valence-electron chi connectivity index (χ2n) is 5.29. The number of hydrogen-bond acceptors (Lipinski definition) is 2. The first-order valence-corrected chi connectivity index (χ1v) is 7.85. The van der Waals surface area contributed by atoms with Crippen LogP contribution in [-0.2, 0) is 0 Å². The van der Waals surface area contributed by atoms with Crippen LogP contribution in [0.5, 0.6) is 0 Å². The number of nitrogens with one attached hydrogen (secondary N) is 1. The minimum atomic E-state index is -2.64. The molecular formula is C15H31F2NO. The van der Waals surface area contributed by atoms with Gasteiger partial charge in [0, 0.05) is 6.54 Å². The first-order valence-electron chi connectivity index (χ1n) is 7.85. The molecule has 0 aliphatic carbocycles. The van der Waals surface area contributed by atoms with Crippen LogP contribution in [0.4, 0.5) is 8.78 Å². The average Bonchev–Trinajstić information content (AvgIpc) is 2.39. The highest BCUT2D eigenvalue weighted by Gasteiger charge is 2.15. The molecule has 0 rings (SSSR count). The van der Waals surface area contributed by atoms with Crippen LogP contribution in [0.3, 0.4) is 0 Å². The monoisotopic (exact) mass is 279 g/mol. The molecule has 0 radical (unpaired) electrons. The number of halogens is 2. The van der Waals surface area contributed by atoms with E-state index < -0.39 is 12.5 Å². The van der Waals surface area contributed by atoms with Crippen molar-refractivity contribution in [3.05, 3.63) is 0 Å². The van der Waals surface area contributed by atoms with Crippen molar-refractivity contribution in [3.63, 3.8) is 0 Å². The van der Waals surface area contributed by atoms with E-state index in [4.69, 9.17) is 5.11 Å². The summed E-state index contributed by atoms with van der Waals surface area (Å²) in [5, 5.41) is 11.7. The van der Waals surface area contributed by atoms with Gasteiger partial charge in [-0.25, -0.2) is 8.78 Å². The van der Waals surface area contributed by atoms with E-state index >= 15 is 0 Å². The third-order valence-electron chi connectivity index (χ3n) is 3.35. The van der Waals surface area contributed by atoms with Crippen LogP contribution >= 0.6 is 0 Å². The number of unbranched alkanes of at least 4 members (excludes halogenated alkanes) is 9. The van der Waals surface area contributed by atoms with E-state index in [0.29, 0.717) is 0 Å². The van der Waals surface area contributed by atoms with Gasteiger partial charge in [-0.2, -0.15) is 0 Å². The Hall–Kier alpha value is -0.220. The highest BCUT2D eigenvalue weighted by molar-refractivity contribution is 4.61. The van der Waals surface area contributed by atoms with Gasteiger partial charge in [0.2, 0.25) is 0 Å². The Labute approximate surface area is 117 Å². The lowest BCUT2D eigenvalue weighted by Gasteiger charge is -2.10. The van der Waals surface area contributed by atoms with E-state index in [1.54, 1.807) is 0 Å². The maximum Gasteiger partial charge on any atom is 0.265 e. The number of alkyl halides is 2. The van der Waals surface area contributed by atoms with Crippen molar-refractivity contribution in [3.8, 4) is 0 Å². The summed E-state index contributed by atoms with van der Waals surface area (Å²) >= 11 is 0. The van der Waals surface area contributed by atoms with Crippen molar-refractivity contribution < 1.29 is 13.9 Å². The second kappa shape index (κ2) is 14.2. The summed E-state index contributed by atoms with van der Waals surface area (Å²) in [5.74, 6) is 0. The number of hydrogen-bond donors (Lipinski definition) is 2. The molecular weight excluding hydrogens is 248 g/mol. The van der Waals surface area contributed by atoms with Crippen LogP contribution in [0.15, 0.2) is 0 Å². The van der Waals surface area contributed by atoms with Gasteiger partial charge in [-0.3, -0.25) is 0 Å². The van der Waals surface area contributed by atoms with Gasteiger partial charge in [-0.1, -0.05) is 64.7 Å². The number of rotatable bonds is 14. The zero-order valence-electron chi connectivity index (χ0n) is 12.3. The molecule has 0 amide bonds. The summed E-state index contributed by atoms with van der Waals surface area (Å²) in [4.78, 5) is 0. The molecule has 0 aliphatic rings. The van der Waals surface area contributed by atoms with Gasteiger partial charge < -0.3 is 10.4 Å². The van der Waals surface area contributed by atoms with Crippen LogP contribution in [0, 0.1) is 0 Å². The molecule has 0 fully saturated rings. The van der Waals surface area contributed by atoms with Crippen molar-refractivity contribution in [1.82, 2.24) is 5.32 Å². The van der Waals surface area contributed by atoms with Crippen LogP contribution in [-0.4, -0.2) is 30.7 Å². The van der Waals surface area contributed by atoms with Gasteiger partial charge in [0.1, 0.15) is 6.10 Å². The lowest BCUT2D eigenvalue weighted by atomic mass is 10.1. The van der Waals surface area contributed by atoms with Crippen molar-refractivity contribution in [2.45, 2.75) is 83.7 Å². The number of aliphatic hydroxyl groups excluding tert-OH is 1. The maximum atomic E-state index is 12.0. The van der Waals surface area contributed by atoms with E-state index in [9.17, 15) is 8.78 Å². The molecule has 0 aromatic rings. The van der Waals surface area contributed by atoms with Crippen LogP contribution in [0.25, 0.3) is 0 Å². The van der Waals surface area contributed by atoms with Crippen LogP contribution in [0.1, 0.15) is 71.1 Å². The maximum absolute atomic E-state index is 12.0. The first kappa shape index (κ1) is 18.8. The first-order chi connectivity index (χ1) is 9.18. The third kappa shape index (κ3) is 14.0. The van der Waals surface area contributed by atoms with Crippen molar-refractivity contribution in [2.75, 3.05) is 13.1 Å². The Balaban J connectivity index is 3.03. The summed E-state index contributed by atoms with van der Waals surface area (Å²) in [6.45, 7) is 2.95. The fraction of sp³-hybridized carbons (Fsp3) is 1.00. The molecule has 1 unspecified atom stereocenters. The van der Waals surface area contributed by atoms with Crippen molar-refractivity contribution in [2.24, 2.45) is 0 Å². The normalized spacial score (nSPS) is 13.1. The largest absolute Gasteiger partial charge is 0.386 e. The van der Waals surface area contributed by atoms with Gasteiger partial charge in [0.15, 0.2) is 0 Å². The van der Waals surface area contributed by atoms with Gasteiger partial charge in [0.05, 0.1) is 0 Å². The fourth-order valence-electron chi connectivity index (χ4n) is 2.08. The van der Waals surface area contributed by atoms with Gasteiger partial charge >= 0.3 is 0 Å².